The van der Waals surface area contributed by atoms with Gasteiger partial charge in [0.1, 0.15) is 5.75 Å². The van der Waals surface area contributed by atoms with Gasteiger partial charge < -0.3 is 24.4 Å². The van der Waals surface area contributed by atoms with Crippen LogP contribution in [0.5, 0.6) is 5.75 Å². The number of carbonyl (C=O) groups is 1. The number of hydrogen-bond acceptors (Lipinski definition) is 5. The Kier molecular flexibility index (Phi) is 7.36. The second-order valence-corrected chi connectivity index (χ2v) is 7.81. The van der Waals surface area contributed by atoms with Crippen molar-refractivity contribution < 1.29 is 19.0 Å². The van der Waals surface area contributed by atoms with Gasteiger partial charge in [0, 0.05) is 45.3 Å². The SMILES string of the molecule is CN=C(NCC1(c2ccc(OC)cc2)CCOCC1)N1CCC(C(=O)OC)CC1. The second-order valence-electron chi connectivity index (χ2n) is 7.81. The first-order chi connectivity index (χ1) is 14.1. The fourth-order valence-corrected chi connectivity index (χ4v) is 4.35. The van der Waals surface area contributed by atoms with Crippen LogP contribution in [-0.4, -0.2) is 70.9 Å². The lowest BCUT2D eigenvalue weighted by atomic mass is 9.74. The van der Waals surface area contributed by atoms with Crippen molar-refractivity contribution in [2.75, 3.05) is 54.1 Å². The average molecular weight is 404 g/mol. The Bertz CT molecular complexity index is 691. The van der Waals surface area contributed by atoms with E-state index >= 15 is 0 Å². The molecular formula is C22H33N3O4. The van der Waals surface area contributed by atoms with Crippen LogP contribution in [0.15, 0.2) is 29.3 Å². The third-order valence-electron chi connectivity index (χ3n) is 6.28. The third kappa shape index (κ3) is 5.01. The van der Waals surface area contributed by atoms with E-state index in [1.54, 1.807) is 7.11 Å². The standard InChI is InChI=1S/C22H33N3O4/c1-23-21(25-12-8-17(9-13-25)20(26)28-3)24-16-22(10-14-29-15-11-22)18-4-6-19(27-2)7-5-18/h4-7,17H,8-16H2,1-3H3,(H,23,24). The molecule has 0 unspecified atom stereocenters. The van der Waals surface area contributed by atoms with Gasteiger partial charge in [-0.1, -0.05) is 12.1 Å². The minimum absolute atomic E-state index is 0.00418. The number of carbonyl (C=O) groups excluding carboxylic acids is 1. The van der Waals surface area contributed by atoms with E-state index in [0.717, 1.165) is 70.2 Å². The number of guanidine groups is 1. The summed E-state index contributed by atoms with van der Waals surface area (Å²) in [4.78, 5) is 18.5. The molecule has 0 aromatic heterocycles. The van der Waals surface area contributed by atoms with Crippen molar-refractivity contribution >= 4 is 11.9 Å². The van der Waals surface area contributed by atoms with Crippen molar-refractivity contribution in [3.8, 4) is 5.75 Å². The smallest absolute Gasteiger partial charge is 0.308 e. The molecule has 3 rings (SSSR count). The summed E-state index contributed by atoms with van der Waals surface area (Å²) in [7, 11) is 4.97. The number of likely N-dealkylation sites (tertiary alicyclic amines) is 1. The Labute approximate surface area is 173 Å². The number of methoxy groups -OCH3 is 2. The largest absolute Gasteiger partial charge is 0.497 e. The summed E-state index contributed by atoms with van der Waals surface area (Å²) in [5, 5.41) is 3.61. The van der Waals surface area contributed by atoms with E-state index in [4.69, 9.17) is 14.2 Å². The highest BCUT2D eigenvalue weighted by Gasteiger charge is 2.35. The number of nitrogens with zero attached hydrogens (tertiary/aromatic N) is 2. The van der Waals surface area contributed by atoms with Gasteiger partial charge in [-0.2, -0.15) is 0 Å². The molecule has 2 saturated heterocycles. The highest BCUT2D eigenvalue weighted by atomic mass is 16.5. The quantitative estimate of drug-likeness (QED) is 0.462. The van der Waals surface area contributed by atoms with Crippen LogP contribution >= 0.6 is 0 Å². The first-order valence-electron chi connectivity index (χ1n) is 10.4. The summed E-state index contributed by atoms with van der Waals surface area (Å²) >= 11 is 0. The van der Waals surface area contributed by atoms with Gasteiger partial charge in [-0.25, -0.2) is 0 Å². The zero-order valence-electron chi connectivity index (χ0n) is 17.8. The minimum Gasteiger partial charge on any atom is -0.497 e. The van der Waals surface area contributed by atoms with Crippen LogP contribution in [0.3, 0.4) is 0 Å². The molecule has 1 aromatic rings. The molecule has 0 aliphatic carbocycles. The Morgan fingerprint density at radius 2 is 1.86 bits per heavy atom. The molecule has 2 aliphatic rings. The van der Waals surface area contributed by atoms with Gasteiger partial charge in [0.2, 0.25) is 0 Å². The lowest BCUT2D eigenvalue weighted by Gasteiger charge is -2.40. The van der Waals surface area contributed by atoms with Crippen molar-refractivity contribution in [1.29, 1.82) is 0 Å². The molecular weight excluding hydrogens is 370 g/mol. The lowest BCUT2D eigenvalue weighted by Crippen LogP contribution is -2.51. The fraction of sp³-hybridized carbons (Fsp3) is 0.636. The molecule has 7 heteroatoms. The maximum absolute atomic E-state index is 11.8. The Balaban J connectivity index is 1.66. The van der Waals surface area contributed by atoms with E-state index in [0.29, 0.717) is 0 Å². The Morgan fingerprint density at radius 3 is 2.41 bits per heavy atom. The van der Waals surface area contributed by atoms with Gasteiger partial charge in [0.05, 0.1) is 20.1 Å². The maximum Gasteiger partial charge on any atom is 0.308 e. The number of hydrogen-bond donors (Lipinski definition) is 1. The minimum atomic E-state index is -0.103. The Morgan fingerprint density at radius 1 is 1.21 bits per heavy atom. The van der Waals surface area contributed by atoms with Crippen LogP contribution in [0, 0.1) is 5.92 Å². The first-order valence-corrected chi connectivity index (χ1v) is 10.4. The summed E-state index contributed by atoms with van der Waals surface area (Å²) in [5.41, 5.74) is 1.30. The zero-order chi connectivity index (χ0) is 20.7. The normalized spacial score (nSPS) is 20.2. The van der Waals surface area contributed by atoms with Gasteiger partial charge in [0.25, 0.3) is 0 Å². The van der Waals surface area contributed by atoms with Gasteiger partial charge in [-0.05, 0) is 43.4 Å². The van der Waals surface area contributed by atoms with Crippen molar-refractivity contribution in [3.63, 3.8) is 0 Å². The van der Waals surface area contributed by atoms with Crippen LogP contribution in [0.25, 0.3) is 0 Å². The van der Waals surface area contributed by atoms with Crippen LogP contribution < -0.4 is 10.1 Å². The predicted octanol–water partition coefficient (Wildman–Crippen LogP) is 2.20. The van der Waals surface area contributed by atoms with Crippen molar-refractivity contribution in [3.05, 3.63) is 29.8 Å². The summed E-state index contributed by atoms with van der Waals surface area (Å²) in [6.07, 6.45) is 3.52. The molecule has 2 heterocycles. The lowest BCUT2D eigenvalue weighted by molar-refractivity contribution is -0.146. The molecule has 2 fully saturated rings. The summed E-state index contributed by atoms with van der Waals surface area (Å²) in [6, 6.07) is 8.38. The van der Waals surface area contributed by atoms with Crippen molar-refractivity contribution in [2.24, 2.45) is 10.9 Å². The molecule has 0 saturated carbocycles. The number of ether oxygens (including phenoxy) is 3. The van der Waals surface area contributed by atoms with Gasteiger partial charge in [-0.15, -0.1) is 0 Å². The molecule has 29 heavy (non-hydrogen) atoms. The number of piperidine rings is 1. The molecule has 0 atom stereocenters. The number of aliphatic imine (C=N–C) groups is 1. The maximum atomic E-state index is 11.8. The van der Waals surface area contributed by atoms with Gasteiger partial charge in [0.15, 0.2) is 5.96 Å². The van der Waals surface area contributed by atoms with E-state index in [1.165, 1.54) is 12.7 Å². The first kappa shape index (κ1) is 21.4. The van der Waals surface area contributed by atoms with E-state index in [-0.39, 0.29) is 17.3 Å². The second kappa shape index (κ2) is 9.96. The zero-order valence-corrected chi connectivity index (χ0v) is 17.8. The molecule has 2 aliphatic heterocycles. The third-order valence-corrected chi connectivity index (χ3v) is 6.28. The molecule has 0 amide bonds. The predicted molar refractivity (Wildman–Crippen MR) is 112 cm³/mol. The summed E-state index contributed by atoms with van der Waals surface area (Å²) in [5.74, 6) is 1.66. The fourth-order valence-electron chi connectivity index (χ4n) is 4.35. The van der Waals surface area contributed by atoms with Crippen LogP contribution in [-0.2, 0) is 19.7 Å². The number of esters is 1. The van der Waals surface area contributed by atoms with Gasteiger partial charge >= 0.3 is 5.97 Å². The van der Waals surface area contributed by atoms with Crippen LogP contribution in [0.4, 0.5) is 0 Å². The summed E-state index contributed by atoms with van der Waals surface area (Å²) < 4.78 is 15.9. The van der Waals surface area contributed by atoms with E-state index < -0.39 is 0 Å². The molecule has 7 nitrogen and oxygen atoms in total. The van der Waals surface area contributed by atoms with Crippen LogP contribution in [0.1, 0.15) is 31.2 Å². The molecule has 0 radical (unpaired) electrons. The topological polar surface area (TPSA) is 72.4 Å². The average Bonchev–Trinajstić information content (AvgIpc) is 2.80. The summed E-state index contributed by atoms with van der Waals surface area (Å²) in [6.45, 7) is 3.93. The highest BCUT2D eigenvalue weighted by Crippen LogP contribution is 2.35. The number of nitrogens with one attached hydrogen (secondary N) is 1. The molecule has 1 aromatic carbocycles. The molecule has 1 N–H and O–H groups in total. The number of benzene rings is 1. The molecule has 0 spiro atoms. The Hall–Kier alpha value is -2.28. The van der Waals surface area contributed by atoms with E-state index in [9.17, 15) is 4.79 Å². The number of rotatable bonds is 5. The van der Waals surface area contributed by atoms with Crippen LogP contribution in [0.2, 0.25) is 0 Å². The molecule has 0 bridgehead atoms. The van der Waals surface area contributed by atoms with E-state index in [2.05, 4.69) is 27.3 Å². The highest BCUT2D eigenvalue weighted by molar-refractivity contribution is 5.80. The van der Waals surface area contributed by atoms with Gasteiger partial charge in [-0.3, -0.25) is 9.79 Å². The molecule has 160 valence electrons. The van der Waals surface area contributed by atoms with Crippen molar-refractivity contribution in [2.45, 2.75) is 31.1 Å². The van der Waals surface area contributed by atoms with E-state index in [1.807, 2.05) is 19.2 Å². The monoisotopic (exact) mass is 403 g/mol. The van der Waals surface area contributed by atoms with Crippen molar-refractivity contribution in [1.82, 2.24) is 10.2 Å².